The monoisotopic (exact) mass is 214 g/mol. The lowest BCUT2D eigenvalue weighted by Gasteiger charge is -2.28. The van der Waals surface area contributed by atoms with Crippen molar-refractivity contribution in [2.45, 2.75) is 72.3 Å². The molecule has 0 N–H and O–H groups in total. The Morgan fingerprint density at radius 2 is 1.67 bits per heavy atom. The van der Waals surface area contributed by atoms with E-state index < -0.39 is 0 Å². The van der Waals surface area contributed by atoms with E-state index in [1.165, 1.54) is 38.5 Å². The van der Waals surface area contributed by atoms with Crippen LogP contribution in [-0.4, -0.2) is 13.2 Å². The van der Waals surface area contributed by atoms with Crippen molar-refractivity contribution >= 4 is 0 Å². The van der Waals surface area contributed by atoms with Crippen LogP contribution < -0.4 is 0 Å². The van der Waals surface area contributed by atoms with Gasteiger partial charge >= 0.3 is 0 Å². The Morgan fingerprint density at radius 3 is 2.13 bits per heavy atom. The molecule has 0 fully saturated rings. The molecule has 0 aromatic heterocycles. The SMILES string of the molecule is CCCCCCC(C(C)CC)C(C)OC. The lowest BCUT2D eigenvalue weighted by Crippen LogP contribution is -2.25. The number of ether oxygens (including phenoxy) is 1. The van der Waals surface area contributed by atoms with Crippen molar-refractivity contribution in [3.63, 3.8) is 0 Å². The van der Waals surface area contributed by atoms with Gasteiger partial charge in [-0.3, -0.25) is 0 Å². The second-order valence-corrected chi connectivity index (χ2v) is 4.84. The van der Waals surface area contributed by atoms with Crippen LogP contribution in [-0.2, 0) is 4.74 Å². The van der Waals surface area contributed by atoms with Gasteiger partial charge in [0.15, 0.2) is 0 Å². The van der Waals surface area contributed by atoms with E-state index >= 15 is 0 Å². The molecular formula is C14H30O. The first-order valence-corrected chi connectivity index (χ1v) is 6.70. The predicted octanol–water partition coefficient (Wildman–Crippen LogP) is 4.65. The lowest BCUT2D eigenvalue weighted by molar-refractivity contribution is 0.0376. The zero-order valence-electron chi connectivity index (χ0n) is 11.4. The summed E-state index contributed by atoms with van der Waals surface area (Å²) < 4.78 is 5.49. The maximum atomic E-state index is 5.49. The van der Waals surface area contributed by atoms with Gasteiger partial charge in [-0.1, -0.05) is 52.9 Å². The van der Waals surface area contributed by atoms with Crippen molar-refractivity contribution in [3.05, 3.63) is 0 Å². The average molecular weight is 214 g/mol. The molecule has 0 spiro atoms. The van der Waals surface area contributed by atoms with Crippen LogP contribution in [0.5, 0.6) is 0 Å². The van der Waals surface area contributed by atoms with E-state index in [-0.39, 0.29) is 0 Å². The molecule has 0 amide bonds. The van der Waals surface area contributed by atoms with Crippen LogP contribution in [0.3, 0.4) is 0 Å². The van der Waals surface area contributed by atoms with Gasteiger partial charge in [-0.2, -0.15) is 0 Å². The first kappa shape index (κ1) is 15.0. The maximum Gasteiger partial charge on any atom is 0.0573 e. The molecule has 1 nitrogen and oxygen atoms in total. The molecule has 1 heteroatoms. The van der Waals surface area contributed by atoms with Crippen molar-refractivity contribution < 1.29 is 4.74 Å². The van der Waals surface area contributed by atoms with Crippen molar-refractivity contribution in [2.24, 2.45) is 11.8 Å². The van der Waals surface area contributed by atoms with Gasteiger partial charge in [0, 0.05) is 7.11 Å². The minimum Gasteiger partial charge on any atom is -0.381 e. The van der Waals surface area contributed by atoms with Crippen LogP contribution in [0, 0.1) is 11.8 Å². The van der Waals surface area contributed by atoms with E-state index in [0.717, 1.165) is 11.8 Å². The van der Waals surface area contributed by atoms with Crippen molar-refractivity contribution in [1.29, 1.82) is 0 Å². The second kappa shape index (κ2) is 9.21. The Bertz CT molecular complexity index is 123. The van der Waals surface area contributed by atoms with Crippen LogP contribution in [0.15, 0.2) is 0 Å². The molecule has 0 rings (SSSR count). The molecule has 0 aliphatic heterocycles. The number of hydrogen-bond donors (Lipinski definition) is 0. The smallest absolute Gasteiger partial charge is 0.0573 e. The van der Waals surface area contributed by atoms with Gasteiger partial charge in [0.1, 0.15) is 0 Å². The van der Waals surface area contributed by atoms with E-state index in [2.05, 4.69) is 27.7 Å². The number of hydrogen-bond acceptors (Lipinski definition) is 1. The Labute approximate surface area is 96.6 Å². The highest BCUT2D eigenvalue weighted by molar-refractivity contribution is 4.71. The summed E-state index contributed by atoms with van der Waals surface area (Å²) in [6, 6.07) is 0. The third-order valence-corrected chi connectivity index (χ3v) is 3.74. The first-order valence-electron chi connectivity index (χ1n) is 6.70. The van der Waals surface area contributed by atoms with Crippen LogP contribution in [0.2, 0.25) is 0 Å². The summed E-state index contributed by atoms with van der Waals surface area (Å²) in [4.78, 5) is 0. The Balaban J connectivity index is 3.90. The molecule has 3 atom stereocenters. The van der Waals surface area contributed by atoms with Crippen molar-refractivity contribution in [3.8, 4) is 0 Å². The molecule has 0 radical (unpaired) electrons. The molecule has 0 heterocycles. The fourth-order valence-electron chi connectivity index (χ4n) is 2.27. The van der Waals surface area contributed by atoms with Crippen LogP contribution in [0.1, 0.15) is 66.2 Å². The quantitative estimate of drug-likeness (QED) is 0.507. The summed E-state index contributed by atoms with van der Waals surface area (Å²) in [7, 11) is 1.84. The minimum atomic E-state index is 0.418. The summed E-state index contributed by atoms with van der Waals surface area (Å²) in [5, 5.41) is 0. The third-order valence-electron chi connectivity index (χ3n) is 3.74. The molecule has 0 saturated carbocycles. The topological polar surface area (TPSA) is 9.23 Å². The van der Waals surface area contributed by atoms with Gasteiger partial charge in [0.05, 0.1) is 6.10 Å². The van der Waals surface area contributed by atoms with Gasteiger partial charge in [-0.05, 0) is 25.2 Å². The summed E-state index contributed by atoms with van der Waals surface area (Å²) in [5.74, 6) is 1.54. The largest absolute Gasteiger partial charge is 0.381 e. The molecule has 0 aliphatic rings. The zero-order chi connectivity index (χ0) is 11.7. The van der Waals surface area contributed by atoms with E-state index in [1.54, 1.807) is 0 Å². The molecule has 0 aromatic carbocycles. The second-order valence-electron chi connectivity index (χ2n) is 4.84. The Kier molecular flexibility index (Phi) is 9.18. The average Bonchev–Trinajstić information content (AvgIpc) is 2.27. The highest BCUT2D eigenvalue weighted by atomic mass is 16.5. The number of unbranched alkanes of at least 4 members (excludes halogenated alkanes) is 3. The summed E-state index contributed by atoms with van der Waals surface area (Å²) in [6.07, 6.45) is 8.50. The predicted molar refractivity (Wildman–Crippen MR) is 68.2 cm³/mol. The normalized spacial score (nSPS) is 17.4. The van der Waals surface area contributed by atoms with E-state index in [4.69, 9.17) is 4.74 Å². The van der Waals surface area contributed by atoms with Gasteiger partial charge in [-0.15, -0.1) is 0 Å². The van der Waals surface area contributed by atoms with Crippen molar-refractivity contribution in [1.82, 2.24) is 0 Å². The zero-order valence-corrected chi connectivity index (χ0v) is 11.4. The highest BCUT2D eigenvalue weighted by Crippen LogP contribution is 2.26. The summed E-state index contributed by atoms with van der Waals surface area (Å²) in [6.45, 7) is 9.13. The molecule has 3 unspecified atom stereocenters. The third kappa shape index (κ3) is 6.19. The van der Waals surface area contributed by atoms with Crippen LogP contribution in [0.25, 0.3) is 0 Å². The van der Waals surface area contributed by atoms with Gasteiger partial charge < -0.3 is 4.74 Å². The molecule has 0 aliphatic carbocycles. The van der Waals surface area contributed by atoms with E-state index in [9.17, 15) is 0 Å². The molecule has 15 heavy (non-hydrogen) atoms. The number of rotatable bonds is 9. The van der Waals surface area contributed by atoms with Gasteiger partial charge in [0.2, 0.25) is 0 Å². The Hall–Kier alpha value is -0.0400. The van der Waals surface area contributed by atoms with Crippen molar-refractivity contribution in [2.75, 3.05) is 7.11 Å². The molecule has 0 bridgehead atoms. The lowest BCUT2D eigenvalue weighted by atomic mass is 9.83. The molecule has 0 aromatic rings. The molecule has 0 saturated heterocycles. The van der Waals surface area contributed by atoms with Crippen LogP contribution in [0.4, 0.5) is 0 Å². The standard InChI is InChI=1S/C14H30O/c1-6-8-9-10-11-14(12(3)7-2)13(4)15-5/h12-14H,6-11H2,1-5H3. The maximum absolute atomic E-state index is 5.49. The summed E-state index contributed by atoms with van der Waals surface area (Å²) in [5.41, 5.74) is 0. The fraction of sp³-hybridized carbons (Fsp3) is 1.00. The van der Waals surface area contributed by atoms with E-state index in [1.807, 2.05) is 7.11 Å². The first-order chi connectivity index (χ1) is 7.17. The molecule has 92 valence electrons. The fourth-order valence-corrected chi connectivity index (χ4v) is 2.27. The molecular weight excluding hydrogens is 184 g/mol. The Morgan fingerprint density at radius 1 is 1.00 bits per heavy atom. The highest BCUT2D eigenvalue weighted by Gasteiger charge is 2.21. The summed E-state index contributed by atoms with van der Waals surface area (Å²) >= 11 is 0. The van der Waals surface area contributed by atoms with Gasteiger partial charge in [-0.25, -0.2) is 0 Å². The van der Waals surface area contributed by atoms with Gasteiger partial charge in [0.25, 0.3) is 0 Å². The number of methoxy groups -OCH3 is 1. The van der Waals surface area contributed by atoms with Crippen LogP contribution >= 0.6 is 0 Å². The van der Waals surface area contributed by atoms with E-state index in [0.29, 0.717) is 6.10 Å². The minimum absolute atomic E-state index is 0.418.